The zero-order chi connectivity index (χ0) is 14.7. The Morgan fingerprint density at radius 3 is 2.40 bits per heavy atom. The Morgan fingerprint density at radius 2 is 1.75 bits per heavy atom. The van der Waals surface area contributed by atoms with E-state index in [1.165, 1.54) is 12.1 Å². The first-order chi connectivity index (χ1) is 9.47. The molecule has 1 unspecified atom stereocenters. The third-order valence-corrected chi connectivity index (χ3v) is 3.66. The van der Waals surface area contributed by atoms with Crippen LogP contribution in [0.1, 0.15) is 16.5 Å². The number of hydrogen-bond acceptors (Lipinski definition) is 1. The largest absolute Gasteiger partial charge is 0.435 e. The molecule has 0 fully saturated rings. The topological polar surface area (TPSA) is 9.23 Å². The molecule has 20 heavy (non-hydrogen) atoms. The Bertz CT molecular complexity index is 605. The molecule has 106 valence electrons. The summed E-state index contributed by atoms with van der Waals surface area (Å²) >= 11 is 18.2. The number of rotatable bonds is 4. The van der Waals surface area contributed by atoms with Crippen LogP contribution in [0.5, 0.6) is 5.75 Å². The second-order valence-electron chi connectivity index (χ2n) is 3.98. The summed E-state index contributed by atoms with van der Waals surface area (Å²) in [7, 11) is 0. The first-order valence-corrected chi connectivity index (χ1v) is 6.80. The van der Waals surface area contributed by atoms with Crippen molar-refractivity contribution in [2.24, 2.45) is 0 Å². The minimum atomic E-state index is -2.88. The van der Waals surface area contributed by atoms with E-state index in [1.807, 2.05) is 0 Å². The molecular weight excluding hydrogens is 329 g/mol. The van der Waals surface area contributed by atoms with Gasteiger partial charge in [0.15, 0.2) is 0 Å². The van der Waals surface area contributed by atoms with Gasteiger partial charge in [0.05, 0.1) is 5.38 Å². The molecule has 0 aromatic heterocycles. The molecule has 2 rings (SSSR count). The fourth-order valence-electron chi connectivity index (χ4n) is 1.73. The van der Waals surface area contributed by atoms with Crippen molar-refractivity contribution in [1.82, 2.24) is 0 Å². The lowest BCUT2D eigenvalue weighted by atomic mass is 10.0. The predicted octanol–water partition coefficient (Wildman–Crippen LogP) is 5.92. The van der Waals surface area contributed by atoms with Gasteiger partial charge in [-0.2, -0.15) is 8.78 Å². The van der Waals surface area contributed by atoms with E-state index in [2.05, 4.69) is 4.74 Å². The lowest BCUT2D eigenvalue weighted by Gasteiger charge is -2.14. The van der Waals surface area contributed by atoms with Crippen LogP contribution in [0.2, 0.25) is 10.0 Å². The van der Waals surface area contributed by atoms with Crippen molar-refractivity contribution < 1.29 is 13.5 Å². The maximum absolute atomic E-state index is 12.2. The van der Waals surface area contributed by atoms with Crippen LogP contribution in [-0.4, -0.2) is 6.61 Å². The molecule has 0 N–H and O–H groups in total. The summed E-state index contributed by atoms with van der Waals surface area (Å²) in [5.74, 6) is 0.0493. The molecule has 0 bridgehead atoms. The molecule has 0 saturated carbocycles. The van der Waals surface area contributed by atoms with E-state index in [1.54, 1.807) is 30.3 Å². The predicted molar refractivity (Wildman–Crippen MR) is 77.2 cm³/mol. The van der Waals surface area contributed by atoms with E-state index >= 15 is 0 Å². The molecule has 2 aromatic carbocycles. The SMILES string of the molecule is FC(F)Oc1cccc(C(Cl)c2ccc(Cl)cc2Cl)c1. The smallest absolute Gasteiger partial charge is 0.387 e. The van der Waals surface area contributed by atoms with Crippen molar-refractivity contribution in [3.05, 3.63) is 63.6 Å². The fourth-order valence-corrected chi connectivity index (χ4v) is 2.63. The van der Waals surface area contributed by atoms with Crippen LogP contribution in [0.4, 0.5) is 8.78 Å². The average molecular weight is 338 g/mol. The second-order valence-corrected chi connectivity index (χ2v) is 5.26. The normalized spacial score (nSPS) is 12.5. The number of benzene rings is 2. The van der Waals surface area contributed by atoms with E-state index in [-0.39, 0.29) is 5.75 Å². The first-order valence-electron chi connectivity index (χ1n) is 5.61. The van der Waals surface area contributed by atoms with Gasteiger partial charge in [-0.1, -0.05) is 41.4 Å². The van der Waals surface area contributed by atoms with Crippen molar-refractivity contribution >= 4 is 34.8 Å². The average Bonchev–Trinajstić information content (AvgIpc) is 2.37. The van der Waals surface area contributed by atoms with E-state index in [4.69, 9.17) is 34.8 Å². The van der Waals surface area contributed by atoms with Crippen LogP contribution in [0.3, 0.4) is 0 Å². The minimum Gasteiger partial charge on any atom is -0.435 e. The summed E-state index contributed by atoms with van der Waals surface area (Å²) in [6.45, 7) is -2.88. The number of halogens is 5. The third kappa shape index (κ3) is 3.75. The van der Waals surface area contributed by atoms with Gasteiger partial charge in [-0.25, -0.2) is 0 Å². The van der Waals surface area contributed by atoms with Gasteiger partial charge in [0.25, 0.3) is 0 Å². The van der Waals surface area contributed by atoms with Gasteiger partial charge in [0.1, 0.15) is 5.75 Å². The van der Waals surface area contributed by atoms with Gasteiger partial charge in [-0.15, -0.1) is 11.6 Å². The van der Waals surface area contributed by atoms with E-state index < -0.39 is 12.0 Å². The van der Waals surface area contributed by atoms with Crippen LogP contribution in [0.25, 0.3) is 0 Å². The van der Waals surface area contributed by atoms with E-state index in [0.717, 1.165) is 0 Å². The summed E-state index contributed by atoms with van der Waals surface area (Å²) in [6.07, 6.45) is 0. The molecule has 0 amide bonds. The fraction of sp³-hybridized carbons (Fsp3) is 0.143. The van der Waals surface area contributed by atoms with E-state index in [0.29, 0.717) is 21.2 Å². The lowest BCUT2D eigenvalue weighted by Crippen LogP contribution is -2.02. The van der Waals surface area contributed by atoms with Gasteiger partial charge >= 0.3 is 6.61 Å². The summed E-state index contributed by atoms with van der Waals surface area (Å²) in [5.41, 5.74) is 1.25. The molecule has 6 heteroatoms. The molecule has 0 heterocycles. The van der Waals surface area contributed by atoms with E-state index in [9.17, 15) is 8.78 Å². The van der Waals surface area contributed by atoms with Gasteiger partial charge in [0, 0.05) is 10.0 Å². The van der Waals surface area contributed by atoms with Crippen molar-refractivity contribution in [2.45, 2.75) is 12.0 Å². The first kappa shape index (κ1) is 15.4. The Hall–Kier alpha value is -1.03. The minimum absolute atomic E-state index is 0.0493. The second kappa shape index (κ2) is 6.61. The highest BCUT2D eigenvalue weighted by Crippen LogP contribution is 2.36. The number of alkyl halides is 3. The van der Waals surface area contributed by atoms with Gasteiger partial charge in [0.2, 0.25) is 0 Å². The lowest BCUT2D eigenvalue weighted by molar-refractivity contribution is -0.0498. The standard InChI is InChI=1S/C14H9Cl3F2O/c15-9-4-5-11(12(16)7-9)13(17)8-2-1-3-10(6-8)20-14(18)19/h1-7,13-14H. The van der Waals surface area contributed by atoms with Crippen molar-refractivity contribution in [2.75, 3.05) is 0 Å². The summed E-state index contributed by atoms with van der Waals surface area (Å²) in [4.78, 5) is 0. The molecule has 1 nitrogen and oxygen atoms in total. The van der Waals surface area contributed by atoms with Crippen LogP contribution in [0.15, 0.2) is 42.5 Å². The highest BCUT2D eigenvalue weighted by Gasteiger charge is 2.16. The maximum Gasteiger partial charge on any atom is 0.387 e. The summed E-state index contributed by atoms with van der Waals surface area (Å²) < 4.78 is 28.7. The number of hydrogen-bond donors (Lipinski definition) is 0. The van der Waals surface area contributed by atoms with Gasteiger partial charge < -0.3 is 4.74 Å². The molecular formula is C14H9Cl3F2O. The zero-order valence-electron chi connectivity index (χ0n) is 9.99. The number of ether oxygens (including phenoxy) is 1. The molecule has 0 saturated heterocycles. The van der Waals surface area contributed by atoms with Crippen LogP contribution < -0.4 is 4.74 Å². The van der Waals surface area contributed by atoms with Crippen LogP contribution in [-0.2, 0) is 0 Å². The highest BCUT2D eigenvalue weighted by atomic mass is 35.5. The molecule has 0 spiro atoms. The van der Waals surface area contributed by atoms with Gasteiger partial charge in [-0.3, -0.25) is 0 Å². The highest BCUT2D eigenvalue weighted by molar-refractivity contribution is 6.36. The molecule has 0 radical (unpaired) electrons. The molecule has 0 aliphatic carbocycles. The van der Waals surface area contributed by atoms with Crippen molar-refractivity contribution in [1.29, 1.82) is 0 Å². The molecule has 1 atom stereocenters. The Labute approximate surface area is 130 Å². The maximum atomic E-state index is 12.2. The van der Waals surface area contributed by atoms with Gasteiger partial charge in [-0.05, 0) is 35.4 Å². The third-order valence-electron chi connectivity index (χ3n) is 2.61. The summed E-state index contributed by atoms with van der Waals surface area (Å²) in [6, 6.07) is 11.1. The Morgan fingerprint density at radius 1 is 1.00 bits per heavy atom. The van der Waals surface area contributed by atoms with Crippen LogP contribution >= 0.6 is 34.8 Å². The van der Waals surface area contributed by atoms with Crippen LogP contribution in [0, 0.1) is 0 Å². The molecule has 2 aromatic rings. The molecule has 0 aliphatic rings. The zero-order valence-corrected chi connectivity index (χ0v) is 12.3. The van der Waals surface area contributed by atoms with Crippen molar-refractivity contribution in [3.63, 3.8) is 0 Å². The van der Waals surface area contributed by atoms with Crippen molar-refractivity contribution in [3.8, 4) is 5.75 Å². The monoisotopic (exact) mass is 336 g/mol. The Kier molecular flexibility index (Phi) is 5.08. The summed E-state index contributed by atoms with van der Waals surface area (Å²) in [5, 5.41) is 0.330. The Balaban J connectivity index is 2.30. The quantitative estimate of drug-likeness (QED) is 0.629. The molecule has 0 aliphatic heterocycles.